The van der Waals surface area contributed by atoms with Crippen molar-refractivity contribution < 1.29 is 8.78 Å². The fourth-order valence-electron chi connectivity index (χ4n) is 1.43. The van der Waals surface area contributed by atoms with Crippen LogP contribution in [0.1, 0.15) is 16.5 Å². The van der Waals surface area contributed by atoms with Crippen LogP contribution in [-0.2, 0) is 0 Å². The molecule has 1 atom stereocenters. The second kappa shape index (κ2) is 5.11. The van der Waals surface area contributed by atoms with E-state index in [9.17, 15) is 8.78 Å². The van der Waals surface area contributed by atoms with Gasteiger partial charge < -0.3 is 0 Å². The van der Waals surface area contributed by atoms with Gasteiger partial charge in [0.25, 0.3) is 0 Å². The summed E-state index contributed by atoms with van der Waals surface area (Å²) in [5, 5.41) is -0.726. The van der Waals surface area contributed by atoms with E-state index in [2.05, 4.69) is 0 Å². The van der Waals surface area contributed by atoms with E-state index in [1.807, 2.05) is 0 Å². The molecule has 0 nitrogen and oxygen atoms in total. The minimum Gasteiger partial charge on any atom is -0.207 e. The molecule has 0 aliphatic rings. The molecular weight excluding hydrogens is 309 g/mol. The van der Waals surface area contributed by atoms with Gasteiger partial charge in [-0.15, -0.1) is 22.9 Å². The van der Waals surface area contributed by atoms with Crippen LogP contribution in [-0.4, -0.2) is 0 Å². The van der Waals surface area contributed by atoms with Crippen molar-refractivity contribution in [2.45, 2.75) is 5.38 Å². The van der Waals surface area contributed by atoms with Crippen LogP contribution in [0.2, 0.25) is 8.67 Å². The highest BCUT2D eigenvalue weighted by atomic mass is 35.5. The molecule has 0 fully saturated rings. The second-order valence-corrected chi connectivity index (χ2v) is 6.07. The molecule has 1 aromatic carbocycles. The summed E-state index contributed by atoms with van der Waals surface area (Å²) >= 11 is 19.0. The van der Waals surface area contributed by atoms with Gasteiger partial charge in [0.1, 0.15) is 11.6 Å². The average Bonchev–Trinajstić information content (AvgIpc) is 2.55. The zero-order valence-electron chi connectivity index (χ0n) is 8.18. The van der Waals surface area contributed by atoms with Gasteiger partial charge >= 0.3 is 0 Å². The third-order valence-corrected chi connectivity index (χ3v) is 4.14. The van der Waals surface area contributed by atoms with Crippen molar-refractivity contribution >= 4 is 46.1 Å². The Morgan fingerprint density at radius 2 is 1.59 bits per heavy atom. The van der Waals surface area contributed by atoms with E-state index in [4.69, 9.17) is 34.8 Å². The lowest BCUT2D eigenvalue weighted by Crippen LogP contribution is -1.94. The third kappa shape index (κ3) is 2.91. The van der Waals surface area contributed by atoms with E-state index in [0.717, 1.165) is 17.4 Å². The number of halogens is 5. The van der Waals surface area contributed by atoms with Crippen molar-refractivity contribution in [1.82, 2.24) is 0 Å². The molecule has 0 aliphatic heterocycles. The molecule has 1 aromatic heterocycles. The van der Waals surface area contributed by atoms with Gasteiger partial charge in [-0.1, -0.05) is 23.2 Å². The number of alkyl halides is 1. The Hall–Kier alpha value is -0.350. The van der Waals surface area contributed by atoms with Crippen LogP contribution in [0.3, 0.4) is 0 Å². The number of hydrogen-bond donors (Lipinski definition) is 0. The zero-order valence-corrected chi connectivity index (χ0v) is 11.3. The fourth-order valence-corrected chi connectivity index (χ4v) is 3.38. The maximum atomic E-state index is 13.1. The molecule has 0 amide bonds. The van der Waals surface area contributed by atoms with Gasteiger partial charge in [0.05, 0.1) is 14.0 Å². The molecule has 0 saturated carbocycles. The van der Waals surface area contributed by atoms with Gasteiger partial charge in [0, 0.05) is 11.6 Å². The van der Waals surface area contributed by atoms with Crippen molar-refractivity contribution in [3.63, 3.8) is 0 Å². The van der Waals surface area contributed by atoms with E-state index in [0.29, 0.717) is 19.8 Å². The Kier molecular flexibility index (Phi) is 3.93. The van der Waals surface area contributed by atoms with Crippen molar-refractivity contribution in [2.24, 2.45) is 0 Å². The van der Waals surface area contributed by atoms with Crippen LogP contribution in [0.5, 0.6) is 0 Å². The highest BCUT2D eigenvalue weighted by molar-refractivity contribution is 7.20. The molecule has 0 saturated heterocycles. The smallest absolute Gasteiger partial charge is 0.126 e. The average molecular weight is 314 g/mol. The number of hydrogen-bond acceptors (Lipinski definition) is 1. The summed E-state index contributed by atoms with van der Waals surface area (Å²) in [7, 11) is 0. The molecule has 90 valence electrons. The van der Waals surface area contributed by atoms with Crippen LogP contribution in [0.15, 0.2) is 24.3 Å². The minimum atomic E-state index is -0.726. The lowest BCUT2D eigenvalue weighted by Gasteiger charge is -2.09. The Morgan fingerprint density at radius 1 is 1.00 bits per heavy atom. The molecule has 6 heteroatoms. The summed E-state index contributed by atoms with van der Waals surface area (Å²) in [6.45, 7) is 0. The number of thiophene rings is 1. The van der Waals surface area contributed by atoms with Crippen molar-refractivity contribution in [3.05, 3.63) is 55.7 Å². The predicted molar refractivity (Wildman–Crippen MR) is 68.4 cm³/mol. The van der Waals surface area contributed by atoms with E-state index < -0.39 is 17.0 Å². The molecule has 2 aromatic rings. The summed E-state index contributed by atoms with van der Waals surface area (Å²) in [5.41, 5.74) is 0.855. The summed E-state index contributed by atoms with van der Waals surface area (Å²) in [5.74, 6) is -1.36. The first-order valence-corrected chi connectivity index (χ1v) is 6.53. The largest absolute Gasteiger partial charge is 0.207 e. The zero-order chi connectivity index (χ0) is 12.6. The third-order valence-electron chi connectivity index (χ3n) is 2.13. The lowest BCUT2D eigenvalue weighted by molar-refractivity contribution is 0.580. The second-order valence-electron chi connectivity index (χ2n) is 3.34. The van der Waals surface area contributed by atoms with Crippen LogP contribution < -0.4 is 0 Å². The van der Waals surface area contributed by atoms with Crippen LogP contribution >= 0.6 is 46.1 Å². The maximum absolute atomic E-state index is 13.1. The first-order chi connectivity index (χ1) is 7.97. The van der Waals surface area contributed by atoms with Gasteiger partial charge in [0.15, 0.2) is 0 Å². The van der Waals surface area contributed by atoms with Gasteiger partial charge in [-0.3, -0.25) is 0 Å². The van der Waals surface area contributed by atoms with Crippen molar-refractivity contribution in [3.8, 4) is 0 Å². The van der Waals surface area contributed by atoms with Crippen LogP contribution in [0.4, 0.5) is 8.78 Å². The molecule has 17 heavy (non-hydrogen) atoms. The lowest BCUT2D eigenvalue weighted by atomic mass is 10.1. The molecule has 0 aliphatic carbocycles. The first kappa shape index (κ1) is 13.1. The van der Waals surface area contributed by atoms with Crippen molar-refractivity contribution in [2.75, 3.05) is 0 Å². The monoisotopic (exact) mass is 312 g/mol. The maximum Gasteiger partial charge on any atom is 0.126 e. The van der Waals surface area contributed by atoms with Crippen LogP contribution in [0.25, 0.3) is 0 Å². The molecule has 2 rings (SSSR count). The van der Waals surface area contributed by atoms with E-state index >= 15 is 0 Å². The molecule has 1 unspecified atom stereocenters. The standard InChI is InChI=1S/C11H5Cl3F2S/c12-9-4-8(11(14)17-9)10(13)5-1-6(15)3-7(16)2-5/h1-4,10H. The highest BCUT2D eigenvalue weighted by Gasteiger charge is 2.18. The SMILES string of the molecule is Fc1cc(F)cc(C(Cl)c2cc(Cl)sc2Cl)c1. The van der Waals surface area contributed by atoms with Gasteiger partial charge in [-0.05, 0) is 23.8 Å². The number of rotatable bonds is 2. The van der Waals surface area contributed by atoms with E-state index in [1.165, 1.54) is 12.1 Å². The summed E-state index contributed by atoms with van der Waals surface area (Å²) in [4.78, 5) is 0. The van der Waals surface area contributed by atoms with Crippen molar-refractivity contribution in [1.29, 1.82) is 0 Å². The Morgan fingerprint density at radius 3 is 2.06 bits per heavy atom. The molecule has 0 N–H and O–H groups in total. The highest BCUT2D eigenvalue weighted by Crippen LogP contribution is 2.40. The Bertz CT molecular complexity index is 533. The molecule has 0 bridgehead atoms. The molecule has 0 spiro atoms. The van der Waals surface area contributed by atoms with E-state index in [1.54, 1.807) is 6.07 Å². The number of benzene rings is 1. The molecule has 1 heterocycles. The quantitative estimate of drug-likeness (QED) is 0.627. The van der Waals surface area contributed by atoms with Gasteiger partial charge in [-0.2, -0.15) is 0 Å². The normalized spacial score (nSPS) is 12.8. The minimum absolute atomic E-state index is 0.306. The summed E-state index contributed by atoms with van der Waals surface area (Å²) < 4.78 is 27.0. The first-order valence-electron chi connectivity index (χ1n) is 4.52. The van der Waals surface area contributed by atoms with Crippen LogP contribution in [0, 0.1) is 11.6 Å². The summed E-state index contributed by atoms with van der Waals surface area (Å²) in [6.07, 6.45) is 0. The topological polar surface area (TPSA) is 0 Å². The van der Waals surface area contributed by atoms with E-state index in [-0.39, 0.29) is 0 Å². The Labute approximate surface area is 116 Å². The van der Waals surface area contributed by atoms with Gasteiger partial charge in [-0.25, -0.2) is 8.78 Å². The Balaban J connectivity index is 2.43. The van der Waals surface area contributed by atoms with Gasteiger partial charge in [0.2, 0.25) is 0 Å². The summed E-state index contributed by atoms with van der Waals surface area (Å²) in [6, 6.07) is 4.72. The molecule has 0 radical (unpaired) electrons. The predicted octanol–water partition coefficient (Wildman–Crippen LogP) is 5.66. The fraction of sp³-hybridized carbons (Fsp3) is 0.0909. The molecular formula is C11H5Cl3F2S.